The van der Waals surface area contributed by atoms with Crippen LogP contribution in [0.3, 0.4) is 0 Å². The number of hydrogen-bond acceptors (Lipinski definition) is 3. The molecule has 1 amide bonds. The summed E-state index contributed by atoms with van der Waals surface area (Å²) in [7, 11) is 0. The van der Waals surface area contributed by atoms with E-state index in [1.807, 2.05) is 6.92 Å². The van der Waals surface area contributed by atoms with Gasteiger partial charge in [-0.05, 0) is 39.3 Å². The summed E-state index contributed by atoms with van der Waals surface area (Å²) in [6.45, 7) is 6.76. The van der Waals surface area contributed by atoms with Crippen molar-refractivity contribution in [2.45, 2.75) is 58.2 Å². The minimum absolute atomic E-state index is 0.0274. The van der Waals surface area contributed by atoms with E-state index >= 15 is 0 Å². The Morgan fingerprint density at radius 2 is 2.12 bits per heavy atom. The van der Waals surface area contributed by atoms with Crippen molar-refractivity contribution >= 4 is 5.91 Å². The van der Waals surface area contributed by atoms with Crippen molar-refractivity contribution in [2.24, 2.45) is 0 Å². The van der Waals surface area contributed by atoms with E-state index in [2.05, 4.69) is 17.6 Å². The fraction of sp³-hybridized carbons (Fsp3) is 0.923. The summed E-state index contributed by atoms with van der Waals surface area (Å²) >= 11 is 0. The zero-order chi connectivity index (χ0) is 12.5. The average Bonchev–Trinajstić information content (AvgIpc) is 2.35. The van der Waals surface area contributed by atoms with Gasteiger partial charge >= 0.3 is 0 Å². The molecule has 1 saturated heterocycles. The molecule has 0 saturated carbocycles. The highest BCUT2D eigenvalue weighted by Gasteiger charge is 2.20. The number of unbranched alkanes of at least 4 members (excludes halogenated alkanes) is 2. The van der Waals surface area contributed by atoms with E-state index in [9.17, 15) is 4.79 Å². The largest absolute Gasteiger partial charge is 0.365 e. The third kappa shape index (κ3) is 6.03. The van der Waals surface area contributed by atoms with Crippen molar-refractivity contribution in [3.63, 3.8) is 0 Å². The molecule has 1 aliphatic rings. The molecule has 100 valence electrons. The Bertz CT molecular complexity index is 215. The van der Waals surface area contributed by atoms with E-state index in [-0.39, 0.29) is 18.1 Å². The molecule has 0 aromatic rings. The van der Waals surface area contributed by atoms with Crippen LogP contribution in [0.25, 0.3) is 0 Å². The van der Waals surface area contributed by atoms with E-state index in [0.29, 0.717) is 0 Å². The molecule has 1 unspecified atom stereocenters. The highest BCUT2D eigenvalue weighted by molar-refractivity contribution is 5.80. The van der Waals surface area contributed by atoms with Gasteiger partial charge in [-0.15, -0.1) is 0 Å². The monoisotopic (exact) mass is 242 g/mol. The van der Waals surface area contributed by atoms with E-state index in [0.717, 1.165) is 38.9 Å². The lowest BCUT2D eigenvalue weighted by molar-refractivity contribution is -0.136. The van der Waals surface area contributed by atoms with Crippen LogP contribution in [0.4, 0.5) is 0 Å². The fourth-order valence-corrected chi connectivity index (χ4v) is 2.01. The summed E-state index contributed by atoms with van der Waals surface area (Å²) in [5.74, 6) is 0.0274. The van der Waals surface area contributed by atoms with Gasteiger partial charge in [0, 0.05) is 6.54 Å². The Hall–Kier alpha value is -0.610. The molecule has 0 bridgehead atoms. The van der Waals surface area contributed by atoms with Crippen LogP contribution < -0.4 is 10.6 Å². The average molecular weight is 242 g/mol. The van der Waals surface area contributed by atoms with Crippen LogP contribution in [0.1, 0.15) is 46.0 Å². The first kappa shape index (κ1) is 14.5. The van der Waals surface area contributed by atoms with Crippen molar-refractivity contribution in [2.75, 3.05) is 19.6 Å². The predicted octanol–water partition coefficient (Wildman–Crippen LogP) is 1.45. The number of piperidine rings is 1. The molecule has 1 rings (SSSR count). The molecule has 1 fully saturated rings. The number of amides is 1. The van der Waals surface area contributed by atoms with Crippen LogP contribution in [0, 0.1) is 0 Å². The minimum atomic E-state index is -0.320. The molecule has 4 nitrogen and oxygen atoms in total. The Balaban J connectivity index is 2.12. The molecule has 2 N–H and O–H groups in total. The first-order chi connectivity index (χ1) is 8.24. The smallest absolute Gasteiger partial charge is 0.248 e. The van der Waals surface area contributed by atoms with Crippen molar-refractivity contribution in [1.29, 1.82) is 0 Å². The zero-order valence-electron chi connectivity index (χ0n) is 11.1. The van der Waals surface area contributed by atoms with Crippen LogP contribution in [0.15, 0.2) is 0 Å². The Morgan fingerprint density at radius 3 is 2.76 bits per heavy atom. The van der Waals surface area contributed by atoms with Crippen LogP contribution in [0.2, 0.25) is 0 Å². The highest BCUT2D eigenvalue weighted by Crippen LogP contribution is 2.10. The fourth-order valence-electron chi connectivity index (χ4n) is 2.01. The third-order valence-electron chi connectivity index (χ3n) is 3.13. The van der Waals surface area contributed by atoms with Gasteiger partial charge in [-0.2, -0.15) is 0 Å². The zero-order valence-corrected chi connectivity index (χ0v) is 11.1. The number of carbonyl (C=O) groups is 1. The van der Waals surface area contributed by atoms with Gasteiger partial charge in [-0.3, -0.25) is 4.79 Å². The number of nitrogens with one attached hydrogen (secondary N) is 2. The molecule has 1 aliphatic heterocycles. The van der Waals surface area contributed by atoms with E-state index in [4.69, 9.17) is 4.74 Å². The molecule has 1 atom stereocenters. The maximum absolute atomic E-state index is 11.7. The van der Waals surface area contributed by atoms with Gasteiger partial charge in [-0.1, -0.05) is 19.8 Å². The molecule has 0 aromatic heterocycles. The van der Waals surface area contributed by atoms with Crippen LogP contribution in [0.5, 0.6) is 0 Å². The molecular formula is C13H26N2O2. The molecule has 1 heterocycles. The van der Waals surface area contributed by atoms with E-state index in [1.54, 1.807) is 0 Å². The minimum Gasteiger partial charge on any atom is -0.365 e. The van der Waals surface area contributed by atoms with Crippen molar-refractivity contribution in [3.8, 4) is 0 Å². The third-order valence-corrected chi connectivity index (χ3v) is 3.13. The Kier molecular flexibility index (Phi) is 7.21. The molecule has 0 radical (unpaired) electrons. The Morgan fingerprint density at radius 1 is 1.41 bits per heavy atom. The molecule has 0 aliphatic carbocycles. The van der Waals surface area contributed by atoms with Gasteiger partial charge in [0.1, 0.15) is 6.10 Å². The number of ether oxygens (including phenoxy) is 1. The lowest BCUT2D eigenvalue weighted by Gasteiger charge is -2.25. The lowest BCUT2D eigenvalue weighted by atomic mass is 10.1. The standard InChI is InChI=1S/C13H26N2O2/c1-3-4-5-8-15-13(16)11(2)17-12-6-9-14-10-7-12/h11-12,14H,3-10H2,1-2H3,(H,15,16). The lowest BCUT2D eigenvalue weighted by Crippen LogP contribution is -2.40. The van der Waals surface area contributed by atoms with Crippen molar-refractivity contribution in [3.05, 3.63) is 0 Å². The van der Waals surface area contributed by atoms with Crippen LogP contribution in [-0.2, 0) is 9.53 Å². The maximum Gasteiger partial charge on any atom is 0.248 e. The maximum atomic E-state index is 11.7. The highest BCUT2D eigenvalue weighted by atomic mass is 16.5. The van der Waals surface area contributed by atoms with Gasteiger partial charge in [0.25, 0.3) is 0 Å². The predicted molar refractivity (Wildman–Crippen MR) is 69.0 cm³/mol. The van der Waals surface area contributed by atoms with Gasteiger partial charge in [0.05, 0.1) is 6.10 Å². The topological polar surface area (TPSA) is 50.4 Å². The quantitative estimate of drug-likeness (QED) is 0.664. The molecule has 0 aromatic carbocycles. The van der Waals surface area contributed by atoms with Crippen molar-refractivity contribution in [1.82, 2.24) is 10.6 Å². The second kappa shape index (κ2) is 8.48. The van der Waals surface area contributed by atoms with E-state index in [1.165, 1.54) is 12.8 Å². The Labute approximate surface area is 104 Å². The number of carbonyl (C=O) groups excluding carboxylic acids is 1. The van der Waals surface area contributed by atoms with Gasteiger partial charge < -0.3 is 15.4 Å². The summed E-state index contributed by atoms with van der Waals surface area (Å²) in [6, 6.07) is 0. The normalized spacial score (nSPS) is 18.9. The second-order valence-electron chi connectivity index (χ2n) is 4.73. The second-order valence-corrected chi connectivity index (χ2v) is 4.73. The summed E-state index contributed by atoms with van der Waals surface area (Å²) < 4.78 is 5.76. The number of hydrogen-bond donors (Lipinski definition) is 2. The summed E-state index contributed by atoms with van der Waals surface area (Å²) in [5, 5.41) is 6.21. The van der Waals surface area contributed by atoms with Crippen LogP contribution >= 0.6 is 0 Å². The van der Waals surface area contributed by atoms with Crippen LogP contribution in [-0.4, -0.2) is 37.7 Å². The van der Waals surface area contributed by atoms with Crippen molar-refractivity contribution < 1.29 is 9.53 Å². The van der Waals surface area contributed by atoms with E-state index < -0.39 is 0 Å². The first-order valence-electron chi connectivity index (χ1n) is 6.88. The molecular weight excluding hydrogens is 216 g/mol. The SMILES string of the molecule is CCCCCNC(=O)C(C)OC1CCNCC1. The summed E-state index contributed by atoms with van der Waals surface area (Å²) in [5.41, 5.74) is 0. The molecule has 4 heteroatoms. The molecule has 17 heavy (non-hydrogen) atoms. The van der Waals surface area contributed by atoms with Gasteiger partial charge in [-0.25, -0.2) is 0 Å². The molecule has 0 spiro atoms. The van der Waals surface area contributed by atoms with Gasteiger partial charge in [0.2, 0.25) is 5.91 Å². The number of rotatable bonds is 7. The first-order valence-corrected chi connectivity index (χ1v) is 6.88. The summed E-state index contributed by atoms with van der Waals surface area (Å²) in [6.07, 6.45) is 5.34. The van der Waals surface area contributed by atoms with Gasteiger partial charge in [0.15, 0.2) is 0 Å². The summed E-state index contributed by atoms with van der Waals surface area (Å²) in [4.78, 5) is 11.7.